The van der Waals surface area contributed by atoms with Crippen LogP contribution in [0.4, 0.5) is 5.82 Å². The third kappa shape index (κ3) is 2.45. The van der Waals surface area contributed by atoms with Gasteiger partial charge in [0.15, 0.2) is 5.82 Å². The predicted molar refractivity (Wildman–Crippen MR) is 95.6 cm³/mol. The number of anilines is 1. The number of nitrogens with zero attached hydrogens (tertiary/aromatic N) is 3. The van der Waals surface area contributed by atoms with E-state index in [0.717, 1.165) is 37.7 Å². The molecular weight excluding hydrogens is 304 g/mol. The van der Waals surface area contributed by atoms with Crippen LogP contribution in [0.1, 0.15) is 0 Å². The lowest BCUT2D eigenvalue weighted by Crippen LogP contribution is -1.97. The number of aromatic nitrogens is 3. The Kier molecular flexibility index (Phi) is 3.48. The summed E-state index contributed by atoms with van der Waals surface area (Å²) in [5, 5.41) is 14.0. The largest absolute Gasteiger partial charge is 0.371 e. The van der Waals surface area contributed by atoms with Gasteiger partial charge < -0.3 is 5.32 Å². The normalized spacial score (nSPS) is 10.8. The molecule has 0 radical (unpaired) electrons. The molecule has 1 aromatic carbocycles. The molecular formula is C18H14N4S. The van der Waals surface area contributed by atoms with Crippen molar-refractivity contribution in [1.82, 2.24) is 15.2 Å². The van der Waals surface area contributed by atoms with E-state index in [1.165, 1.54) is 0 Å². The lowest BCUT2D eigenvalue weighted by molar-refractivity contribution is 1.06. The van der Waals surface area contributed by atoms with Gasteiger partial charge in [0.05, 0.1) is 15.4 Å². The summed E-state index contributed by atoms with van der Waals surface area (Å²) >= 11 is 1.68. The van der Waals surface area contributed by atoms with Crippen LogP contribution in [0.25, 0.3) is 31.9 Å². The summed E-state index contributed by atoms with van der Waals surface area (Å²) in [6.07, 6.45) is 1.81. The summed E-state index contributed by atoms with van der Waals surface area (Å²) < 4.78 is 0. The molecule has 0 saturated carbocycles. The minimum Gasteiger partial charge on any atom is -0.371 e. The lowest BCUT2D eigenvalue weighted by atomic mass is 10.1. The second-order valence-corrected chi connectivity index (χ2v) is 6.16. The van der Waals surface area contributed by atoms with Gasteiger partial charge in [0.2, 0.25) is 0 Å². The van der Waals surface area contributed by atoms with Crippen LogP contribution in [0, 0.1) is 0 Å². The quantitative estimate of drug-likeness (QED) is 0.606. The molecule has 23 heavy (non-hydrogen) atoms. The number of pyridine rings is 1. The van der Waals surface area contributed by atoms with Gasteiger partial charge in [0, 0.05) is 24.0 Å². The van der Waals surface area contributed by atoms with Crippen LogP contribution in [-0.2, 0) is 0 Å². The molecule has 4 aromatic rings. The molecule has 0 atom stereocenters. The van der Waals surface area contributed by atoms with Crippen LogP contribution in [0.3, 0.4) is 0 Å². The van der Waals surface area contributed by atoms with Gasteiger partial charge in [-0.1, -0.05) is 30.3 Å². The van der Waals surface area contributed by atoms with Gasteiger partial charge >= 0.3 is 0 Å². The van der Waals surface area contributed by atoms with E-state index >= 15 is 0 Å². The average molecular weight is 318 g/mol. The van der Waals surface area contributed by atoms with Gasteiger partial charge in [-0.3, -0.25) is 4.98 Å². The number of benzene rings is 1. The van der Waals surface area contributed by atoms with Crippen LogP contribution in [0.5, 0.6) is 0 Å². The van der Waals surface area contributed by atoms with Crippen molar-refractivity contribution in [2.45, 2.75) is 0 Å². The highest BCUT2D eigenvalue weighted by molar-refractivity contribution is 7.18. The van der Waals surface area contributed by atoms with Crippen molar-refractivity contribution in [3.05, 3.63) is 60.8 Å². The maximum Gasteiger partial charge on any atom is 0.156 e. The molecule has 0 aliphatic rings. The zero-order valence-corrected chi connectivity index (χ0v) is 13.3. The molecule has 4 rings (SSSR count). The van der Waals surface area contributed by atoms with E-state index in [0.29, 0.717) is 0 Å². The second kappa shape index (κ2) is 5.78. The first kappa shape index (κ1) is 13.8. The monoisotopic (exact) mass is 318 g/mol. The van der Waals surface area contributed by atoms with E-state index in [-0.39, 0.29) is 0 Å². The minimum atomic E-state index is 0.797. The molecule has 0 amide bonds. The third-order valence-electron chi connectivity index (χ3n) is 3.68. The van der Waals surface area contributed by atoms with Gasteiger partial charge in [-0.25, -0.2) is 0 Å². The molecule has 1 N–H and O–H groups in total. The van der Waals surface area contributed by atoms with E-state index in [9.17, 15) is 0 Å². The van der Waals surface area contributed by atoms with Crippen molar-refractivity contribution in [2.75, 3.05) is 12.4 Å². The average Bonchev–Trinajstić information content (AvgIpc) is 3.11. The van der Waals surface area contributed by atoms with Crippen LogP contribution in [0.15, 0.2) is 60.8 Å². The van der Waals surface area contributed by atoms with Crippen molar-refractivity contribution < 1.29 is 0 Å². The lowest BCUT2D eigenvalue weighted by Gasteiger charge is -2.07. The molecule has 0 aliphatic carbocycles. The van der Waals surface area contributed by atoms with E-state index in [1.807, 2.05) is 43.6 Å². The highest BCUT2D eigenvalue weighted by Crippen LogP contribution is 2.36. The first-order chi connectivity index (χ1) is 11.4. The van der Waals surface area contributed by atoms with E-state index in [4.69, 9.17) is 0 Å². The van der Waals surface area contributed by atoms with Gasteiger partial charge in [-0.2, -0.15) is 0 Å². The zero-order valence-electron chi connectivity index (χ0n) is 12.5. The van der Waals surface area contributed by atoms with E-state index < -0.39 is 0 Å². The number of rotatable bonds is 3. The first-order valence-electron chi connectivity index (χ1n) is 7.31. The smallest absolute Gasteiger partial charge is 0.156 e. The van der Waals surface area contributed by atoms with Crippen molar-refractivity contribution in [3.8, 4) is 21.1 Å². The minimum absolute atomic E-state index is 0.797. The maximum atomic E-state index is 4.43. The van der Waals surface area contributed by atoms with Crippen molar-refractivity contribution in [1.29, 1.82) is 0 Å². The molecule has 3 heterocycles. The highest BCUT2D eigenvalue weighted by atomic mass is 32.1. The number of thiophene rings is 1. The number of hydrogen-bond acceptors (Lipinski definition) is 5. The van der Waals surface area contributed by atoms with Gasteiger partial charge in [0.1, 0.15) is 5.69 Å². The van der Waals surface area contributed by atoms with Crippen LogP contribution in [-0.4, -0.2) is 22.2 Å². The Morgan fingerprint density at radius 3 is 2.39 bits per heavy atom. The van der Waals surface area contributed by atoms with Crippen molar-refractivity contribution in [3.63, 3.8) is 0 Å². The maximum absolute atomic E-state index is 4.43. The topological polar surface area (TPSA) is 50.7 Å². The molecule has 112 valence electrons. The highest BCUT2D eigenvalue weighted by Gasteiger charge is 2.12. The summed E-state index contributed by atoms with van der Waals surface area (Å²) in [5.41, 5.74) is 1.89. The molecule has 0 saturated heterocycles. The SMILES string of the molecule is CNc1nnc(-c2ccc(-c3ccccn3)s2)c2ccccc12. The predicted octanol–water partition coefficient (Wildman–Crippen LogP) is 4.46. The summed E-state index contributed by atoms with van der Waals surface area (Å²) in [6.45, 7) is 0. The number of hydrogen-bond donors (Lipinski definition) is 1. The Balaban J connectivity index is 1.86. The molecule has 4 nitrogen and oxygen atoms in total. The Morgan fingerprint density at radius 1 is 0.826 bits per heavy atom. The van der Waals surface area contributed by atoms with Crippen molar-refractivity contribution >= 4 is 27.9 Å². The standard InChI is InChI=1S/C18H14N4S/c1-19-18-13-7-3-2-6-12(13)17(21-22-18)16-10-9-15(23-16)14-8-4-5-11-20-14/h2-11H,1H3,(H,19,22). The van der Waals surface area contributed by atoms with Crippen LogP contribution < -0.4 is 5.32 Å². The first-order valence-corrected chi connectivity index (χ1v) is 8.13. The second-order valence-electron chi connectivity index (χ2n) is 5.07. The summed E-state index contributed by atoms with van der Waals surface area (Å²) in [4.78, 5) is 6.63. The molecule has 0 unspecified atom stereocenters. The van der Waals surface area contributed by atoms with Gasteiger partial charge in [0.25, 0.3) is 0 Å². The molecule has 5 heteroatoms. The van der Waals surface area contributed by atoms with Gasteiger partial charge in [-0.15, -0.1) is 21.5 Å². The molecule has 0 spiro atoms. The fourth-order valence-electron chi connectivity index (χ4n) is 2.58. The Morgan fingerprint density at radius 2 is 1.61 bits per heavy atom. The van der Waals surface area contributed by atoms with E-state index in [2.05, 4.69) is 44.8 Å². The molecule has 0 bridgehead atoms. The number of fused-ring (bicyclic) bond motifs is 1. The molecule has 0 aliphatic heterocycles. The summed E-state index contributed by atoms with van der Waals surface area (Å²) in [5.74, 6) is 0.797. The van der Waals surface area contributed by atoms with Crippen molar-refractivity contribution in [2.24, 2.45) is 0 Å². The fourth-order valence-corrected chi connectivity index (χ4v) is 3.56. The molecule has 0 fully saturated rings. The Labute approximate surface area is 137 Å². The molecule has 3 aromatic heterocycles. The fraction of sp³-hybridized carbons (Fsp3) is 0.0556. The third-order valence-corrected chi connectivity index (χ3v) is 4.80. The van der Waals surface area contributed by atoms with E-state index in [1.54, 1.807) is 11.3 Å². The number of nitrogens with one attached hydrogen (secondary N) is 1. The van der Waals surface area contributed by atoms with Gasteiger partial charge in [-0.05, 0) is 24.3 Å². The zero-order chi connectivity index (χ0) is 15.6. The summed E-state index contributed by atoms with van der Waals surface area (Å²) in [6, 6.07) is 18.3. The summed E-state index contributed by atoms with van der Waals surface area (Å²) in [7, 11) is 1.86. The van der Waals surface area contributed by atoms with Crippen LogP contribution >= 0.6 is 11.3 Å². The Hall–Kier alpha value is -2.79. The Bertz CT molecular complexity index is 963. The van der Waals surface area contributed by atoms with Crippen LogP contribution in [0.2, 0.25) is 0 Å².